The standard InChI is InChI=1S/C36H40ClN3O4S/c1-5-28(4)38-36(42)34(23-29-9-7-6-8-10-29)39(24-30-15-11-26(2)12-16-30)35(41)25-40(32-19-13-27(3)14-20-32)45(43,44)33-21-17-31(37)18-22-33/h6-22,28,34H,5,23-25H2,1-4H3,(H,38,42)/t28-,34+/m1/s1. The Morgan fingerprint density at radius 2 is 1.38 bits per heavy atom. The highest BCUT2D eigenvalue weighted by Gasteiger charge is 2.35. The number of benzene rings is 4. The lowest BCUT2D eigenvalue weighted by Gasteiger charge is -2.34. The van der Waals surface area contributed by atoms with Crippen LogP contribution in [0.15, 0.2) is 108 Å². The number of hydrogen-bond acceptors (Lipinski definition) is 4. The largest absolute Gasteiger partial charge is 0.352 e. The molecule has 45 heavy (non-hydrogen) atoms. The third kappa shape index (κ3) is 8.96. The Morgan fingerprint density at radius 1 is 0.800 bits per heavy atom. The van der Waals surface area contributed by atoms with Crippen molar-refractivity contribution in [2.24, 2.45) is 0 Å². The average Bonchev–Trinajstić information content (AvgIpc) is 3.03. The van der Waals surface area contributed by atoms with Crippen LogP contribution in [0.5, 0.6) is 0 Å². The van der Waals surface area contributed by atoms with E-state index in [1.165, 1.54) is 29.2 Å². The molecule has 2 atom stereocenters. The topological polar surface area (TPSA) is 86.8 Å². The molecule has 0 heterocycles. The Hall–Kier alpha value is -4.14. The summed E-state index contributed by atoms with van der Waals surface area (Å²) in [4.78, 5) is 29.9. The zero-order valence-corrected chi connectivity index (χ0v) is 27.7. The van der Waals surface area contributed by atoms with Gasteiger partial charge in [0.25, 0.3) is 10.0 Å². The van der Waals surface area contributed by atoms with Gasteiger partial charge in [0, 0.05) is 24.0 Å². The molecule has 0 radical (unpaired) electrons. The maximum absolute atomic E-state index is 14.5. The molecule has 0 saturated carbocycles. The van der Waals surface area contributed by atoms with Crippen molar-refractivity contribution in [2.75, 3.05) is 10.8 Å². The molecule has 0 aliphatic heterocycles. The first-order valence-corrected chi connectivity index (χ1v) is 16.8. The van der Waals surface area contributed by atoms with Gasteiger partial charge in [0.05, 0.1) is 10.6 Å². The smallest absolute Gasteiger partial charge is 0.264 e. The number of carbonyl (C=O) groups excluding carboxylic acids is 2. The average molecular weight is 646 g/mol. The number of nitrogens with one attached hydrogen (secondary N) is 1. The van der Waals surface area contributed by atoms with Crippen LogP contribution in [0.3, 0.4) is 0 Å². The second-order valence-electron chi connectivity index (χ2n) is 11.3. The van der Waals surface area contributed by atoms with Crippen molar-refractivity contribution in [3.63, 3.8) is 0 Å². The van der Waals surface area contributed by atoms with E-state index in [2.05, 4.69) is 5.32 Å². The molecule has 0 unspecified atom stereocenters. The van der Waals surface area contributed by atoms with Gasteiger partial charge in [0.15, 0.2) is 0 Å². The molecule has 0 aliphatic rings. The molecule has 0 aliphatic carbocycles. The number of hydrogen-bond donors (Lipinski definition) is 1. The Bertz CT molecular complexity index is 1680. The van der Waals surface area contributed by atoms with Crippen molar-refractivity contribution in [1.29, 1.82) is 0 Å². The molecule has 0 bridgehead atoms. The van der Waals surface area contributed by atoms with E-state index in [0.29, 0.717) is 10.7 Å². The lowest BCUT2D eigenvalue weighted by Crippen LogP contribution is -2.54. The van der Waals surface area contributed by atoms with Crippen LogP contribution in [-0.2, 0) is 32.6 Å². The summed E-state index contributed by atoms with van der Waals surface area (Å²) in [6.07, 6.45) is 0.978. The van der Waals surface area contributed by atoms with Gasteiger partial charge in [-0.1, -0.05) is 96.4 Å². The van der Waals surface area contributed by atoms with Crippen LogP contribution in [0.25, 0.3) is 0 Å². The molecule has 9 heteroatoms. The third-order valence-corrected chi connectivity index (χ3v) is 9.79. The predicted molar refractivity (Wildman–Crippen MR) is 181 cm³/mol. The van der Waals surface area contributed by atoms with Gasteiger partial charge in [-0.15, -0.1) is 0 Å². The number of rotatable bonds is 13. The first-order valence-electron chi connectivity index (χ1n) is 15.0. The lowest BCUT2D eigenvalue weighted by atomic mass is 10.0. The molecular weight excluding hydrogens is 606 g/mol. The van der Waals surface area contributed by atoms with Gasteiger partial charge in [-0.25, -0.2) is 8.42 Å². The van der Waals surface area contributed by atoms with Gasteiger partial charge in [-0.05, 0) is 74.7 Å². The van der Waals surface area contributed by atoms with Crippen LogP contribution < -0.4 is 9.62 Å². The highest BCUT2D eigenvalue weighted by atomic mass is 35.5. The van der Waals surface area contributed by atoms with Crippen molar-refractivity contribution >= 4 is 39.1 Å². The van der Waals surface area contributed by atoms with E-state index in [1.807, 2.05) is 82.3 Å². The van der Waals surface area contributed by atoms with E-state index < -0.39 is 28.5 Å². The molecule has 4 aromatic rings. The van der Waals surface area contributed by atoms with Crippen LogP contribution >= 0.6 is 11.6 Å². The van der Waals surface area contributed by atoms with E-state index in [9.17, 15) is 18.0 Å². The highest BCUT2D eigenvalue weighted by Crippen LogP contribution is 2.26. The van der Waals surface area contributed by atoms with Gasteiger partial charge < -0.3 is 10.2 Å². The molecular formula is C36H40ClN3O4S. The van der Waals surface area contributed by atoms with Crippen molar-refractivity contribution in [3.8, 4) is 0 Å². The number of nitrogens with zero attached hydrogens (tertiary/aromatic N) is 2. The van der Waals surface area contributed by atoms with Crippen LogP contribution in [-0.4, -0.2) is 43.8 Å². The van der Waals surface area contributed by atoms with E-state index in [-0.39, 0.29) is 29.8 Å². The summed E-state index contributed by atoms with van der Waals surface area (Å²) in [5, 5.41) is 3.45. The minimum Gasteiger partial charge on any atom is -0.352 e. The maximum Gasteiger partial charge on any atom is 0.264 e. The number of aryl methyl sites for hydroxylation is 2. The fourth-order valence-electron chi connectivity index (χ4n) is 4.86. The number of sulfonamides is 1. The molecule has 0 spiro atoms. The normalized spacial score (nSPS) is 12.6. The molecule has 1 N–H and O–H groups in total. The maximum atomic E-state index is 14.5. The summed E-state index contributed by atoms with van der Waals surface area (Å²) < 4.78 is 29.3. The Labute approximate surface area is 271 Å². The minimum absolute atomic E-state index is 0.000656. The number of carbonyl (C=O) groups is 2. The fraction of sp³-hybridized carbons (Fsp3) is 0.278. The van der Waals surface area contributed by atoms with Crippen molar-refractivity contribution in [2.45, 2.75) is 64.1 Å². The quantitative estimate of drug-likeness (QED) is 0.175. The monoisotopic (exact) mass is 645 g/mol. The molecule has 7 nitrogen and oxygen atoms in total. The molecule has 0 saturated heterocycles. The van der Waals surface area contributed by atoms with Crippen molar-refractivity contribution in [1.82, 2.24) is 10.2 Å². The molecule has 2 amide bonds. The summed E-state index contributed by atoms with van der Waals surface area (Å²) in [7, 11) is -4.19. The number of amides is 2. The molecule has 4 rings (SSSR count). The van der Waals surface area contributed by atoms with E-state index >= 15 is 0 Å². The predicted octanol–water partition coefficient (Wildman–Crippen LogP) is 6.71. The second-order valence-corrected chi connectivity index (χ2v) is 13.6. The molecule has 0 fully saturated rings. The van der Waals surface area contributed by atoms with E-state index in [1.54, 1.807) is 24.3 Å². The van der Waals surface area contributed by atoms with Crippen molar-refractivity contribution < 1.29 is 18.0 Å². The first kappa shape index (κ1) is 33.7. The van der Waals surface area contributed by atoms with Crippen molar-refractivity contribution in [3.05, 3.63) is 130 Å². The summed E-state index contributed by atoms with van der Waals surface area (Å²) in [5.74, 6) is -0.801. The molecule has 236 valence electrons. The van der Waals surface area contributed by atoms with Gasteiger partial charge in [0.2, 0.25) is 11.8 Å². The van der Waals surface area contributed by atoms with E-state index in [4.69, 9.17) is 11.6 Å². The number of halogens is 1. The summed E-state index contributed by atoms with van der Waals surface area (Å²) >= 11 is 6.06. The Morgan fingerprint density at radius 3 is 1.96 bits per heavy atom. The highest BCUT2D eigenvalue weighted by molar-refractivity contribution is 7.92. The van der Waals surface area contributed by atoms with Crippen LogP contribution in [0, 0.1) is 13.8 Å². The van der Waals surface area contributed by atoms with Crippen LogP contribution in [0.1, 0.15) is 42.5 Å². The van der Waals surface area contributed by atoms with Gasteiger partial charge >= 0.3 is 0 Å². The van der Waals surface area contributed by atoms with Crippen LogP contribution in [0.2, 0.25) is 5.02 Å². The zero-order valence-electron chi connectivity index (χ0n) is 26.1. The molecule has 0 aromatic heterocycles. The molecule has 4 aromatic carbocycles. The van der Waals surface area contributed by atoms with Gasteiger partial charge in [0.1, 0.15) is 12.6 Å². The Kier molecular flexibility index (Phi) is 11.4. The Balaban J connectivity index is 1.80. The second kappa shape index (κ2) is 15.2. The SMILES string of the molecule is CC[C@@H](C)NC(=O)[C@H](Cc1ccccc1)N(Cc1ccc(C)cc1)C(=O)CN(c1ccc(C)cc1)S(=O)(=O)c1ccc(Cl)cc1. The van der Waals surface area contributed by atoms with Crippen LogP contribution in [0.4, 0.5) is 5.69 Å². The first-order chi connectivity index (χ1) is 21.5. The summed E-state index contributed by atoms with van der Waals surface area (Å²) in [5.41, 5.74) is 4.05. The van der Waals surface area contributed by atoms with Gasteiger partial charge in [-0.2, -0.15) is 0 Å². The van der Waals surface area contributed by atoms with Gasteiger partial charge in [-0.3, -0.25) is 13.9 Å². The summed E-state index contributed by atoms with van der Waals surface area (Å²) in [6, 6.07) is 29.1. The zero-order chi connectivity index (χ0) is 32.6. The third-order valence-electron chi connectivity index (χ3n) is 7.75. The number of anilines is 1. The van der Waals surface area contributed by atoms with E-state index in [0.717, 1.165) is 33.0 Å². The summed E-state index contributed by atoms with van der Waals surface area (Å²) in [6.45, 7) is 7.38. The fourth-order valence-corrected chi connectivity index (χ4v) is 6.40. The minimum atomic E-state index is -4.19. The lowest BCUT2D eigenvalue weighted by molar-refractivity contribution is -0.140.